The molecular formula is C28H22F8N8O6S2. The first kappa shape index (κ1) is 39.3. The van der Waals surface area contributed by atoms with Crippen molar-refractivity contribution < 1.29 is 61.5 Å². The summed E-state index contributed by atoms with van der Waals surface area (Å²) in [4.78, 5) is 38.0. The summed E-state index contributed by atoms with van der Waals surface area (Å²) in [6.45, 7) is 3.03. The summed E-state index contributed by atoms with van der Waals surface area (Å²) < 4.78 is 171. The second kappa shape index (κ2) is 13.9. The number of rotatable bonds is 13. The van der Waals surface area contributed by atoms with E-state index in [0.717, 1.165) is 10.6 Å². The number of sulfonamides is 2. The Balaban J connectivity index is 1.46. The maximum absolute atomic E-state index is 14.6. The standard InChI is InChI=1S/C28H22F8N8O6S2/c1-15-11-13-37-23(39-15)43-51(47,48)19-7-3-17(4-8-19)41-21(45)25(29,30)27(33,34)28(35,36)26(31,32)22(46)42-18-5-9-20(10-6-18)52(49,50)44-24-38-14-12-16(2)40-24/h3-14H,1-2H3,(H,41,45)(H,42,46)(H,37,39,43)(H,38,40,44). The van der Waals surface area contributed by atoms with E-state index in [1.807, 2.05) is 9.44 Å². The van der Waals surface area contributed by atoms with Crippen LogP contribution in [-0.2, 0) is 29.6 Å². The summed E-state index contributed by atoms with van der Waals surface area (Å²) in [5.74, 6) is -34.9. The van der Waals surface area contributed by atoms with Crippen LogP contribution in [0.3, 0.4) is 0 Å². The number of benzene rings is 2. The molecule has 2 amide bonds. The Morgan fingerprint density at radius 2 is 0.846 bits per heavy atom. The van der Waals surface area contributed by atoms with E-state index in [1.54, 1.807) is 0 Å². The lowest BCUT2D eigenvalue weighted by atomic mass is 9.97. The zero-order valence-electron chi connectivity index (χ0n) is 26.0. The van der Waals surface area contributed by atoms with Gasteiger partial charge in [-0.05, 0) is 74.5 Å². The summed E-state index contributed by atoms with van der Waals surface area (Å²) >= 11 is 0. The maximum atomic E-state index is 14.6. The van der Waals surface area contributed by atoms with Crippen molar-refractivity contribution in [1.82, 2.24) is 19.9 Å². The average Bonchev–Trinajstić information content (AvgIpc) is 3.04. The molecule has 0 spiro atoms. The fraction of sp³-hybridized carbons (Fsp3) is 0.214. The molecule has 0 saturated carbocycles. The summed E-state index contributed by atoms with van der Waals surface area (Å²) in [5.41, 5.74) is -0.967. The van der Waals surface area contributed by atoms with Crippen molar-refractivity contribution in [3.8, 4) is 0 Å². The average molecular weight is 783 g/mol. The molecular weight excluding hydrogens is 760 g/mol. The number of hydrogen-bond acceptors (Lipinski definition) is 10. The first-order chi connectivity index (χ1) is 23.9. The quantitative estimate of drug-likeness (QED) is 0.139. The summed E-state index contributed by atoms with van der Waals surface area (Å²) in [6.07, 6.45) is 2.44. The van der Waals surface area contributed by atoms with Crippen molar-refractivity contribution in [2.45, 2.75) is 47.3 Å². The number of halogens is 8. The zero-order valence-corrected chi connectivity index (χ0v) is 27.6. The van der Waals surface area contributed by atoms with Crippen molar-refractivity contribution in [3.63, 3.8) is 0 Å². The van der Waals surface area contributed by atoms with Crippen LogP contribution < -0.4 is 20.1 Å². The van der Waals surface area contributed by atoms with E-state index < -0.39 is 76.7 Å². The van der Waals surface area contributed by atoms with E-state index in [9.17, 15) is 61.5 Å². The number of carbonyl (C=O) groups is 2. The van der Waals surface area contributed by atoms with Crippen LogP contribution in [0.2, 0.25) is 0 Å². The molecule has 0 aliphatic heterocycles. The highest BCUT2D eigenvalue weighted by Crippen LogP contribution is 2.53. The van der Waals surface area contributed by atoms with Crippen molar-refractivity contribution in [2.24, 2.45) is 0 Å². The fourth-order valence-corrected chi connectivity index (χ4v) is 5.79. The summed E-state index contributed by atoms with van der Waals surface area (Å²) in [5, 5.41) is 2.20. The highest BCUT2D eigenvalue weighted by molar-refractivity contribution is 7.93. The number of aryl methyl sites for hydroxylation is 2. The predicted octanol–water partition coefficient (Wildman–Crippen LogP) is 4.60. The number of nitrogens with zero attached hydrogens (tertiary/aromatic N) is 4. The minimum absolute atomic E-state index is 0.364. The van der Waals surface area contributed by atoms with E-state index in [-0.39, 0.29) is 11.9 Å². The van der Waals surface area contributed by atoms with Gasteiger partial charge in [0.2, 0.25) is 11.9 Å². The Morgan fingerprint density at radius 1 is 0.538 bits per heavy atom. The molecule has 4 rings (SSSR count). The van der Waals surface area contributed by atoms with Gasteiger partial charge in [-0.3, -0.25) is 9.59 Å². The molecule has 0 atom stereocenters. The van der Waals surface area contributed by atoms with Crippen LogP contribution >= 0.6 is 0 Å². The number of hydrogen-bond donors (Lipinski definition) is 4. The monoisotopic (exact) mass is 782 g/mol. The second-order valence-electron chi connectivity index (χ2n) is 10.5. The number of aromatic nitrogens is 4. The van der Waals surface area contributed by atoms with Gasteiger partial charge in [0.25, 0.3) is 20.0 Å². The molecule has 52 heavy (non-hydrogen) atoms. The fourth-order valence-electron chi connectivity index (χ4n) is 3.89. The van der Waals surface area contributed by atoms with E-state index in [2.05, 4.69) is 19.9 Å². The van der Waals surface area contributed by atoms with E-state index in [1.165, 1.54) is 38.4 Å². The lowest BCUT2D eigenvalue weighted by Crippen LogP contribution is -2.67. The Hall–Kier alpha value is -5.52. The Kier molecular flexibility index (Phi) is 10.5. The number of nitrogens with one attached hydrogen (secondary N) is 4. The zero-order chi connectivity index (χ0) is 38.9. The summed E-state index contributed by atoms with van der Waals surface area (Å²) in [7, 11) is -8.85. The van der Waals surface area contributed by atoms with Crippen molar-refractivity contribution in [3.05, 3.63) is 84.4 Å². The molecule has 2 aromatic heterocycles. The molecule has 0 aliphatic rings. The van der Waals surface area contributed by atoms with Gasteiger partial charge in [-0.1, -0.05) is 0 Å². The van der Waals surface area contributed by atoms with Gasteiger partial charge in [-0.15, -0.1) is 0 Å². The third-order valence-electron chi connectivity index (χ3n) is 6.64. The first-order valence-corrected chi connectivity index (χ1v) is 16.9. The molecule has 0 fully saturated rings. The topological polar surface area (TPSA) is 202 Å². The molecule has 4 aromatic rings. The van der Waals surface area contributed by atoms with Crippen molar-refractivity contribution >= 4 is 55.1 Å². The Bertz CT molecular complexity index is 2050. The van der Waals surface area contributed by atoms with E-state index in [0.29, 0.717) is 59.9 Å². The van der Waals surface area contributed by atoms with E-state index in [4.69, 9.17) is 0 Å². The second-order valence-corrected chi connectivity index (χ2v) is 13.9. The molecule has 278 valence electrons. The molecule has 0 unspecified atom stereocenters. The maximum Gasteiger partial charge on any atom is 0.393 e. The van der Waals surface area contributed by atoms with Crippen LogP contribution in [0.15, 0.2) is 82.8 Å². The van der Waals surface area contributed by atoms with Crippen molar-refractivity contribution in [2.75, 3.05) is 20.1 Å². The SMILES string of the molecule is Cc1ccnc(NS(=O)(=O)c2ccc(NC(=O)C(F)(F)C(F)(F)C(F)(F)C(F)(F)C(=O)Nc3ccc(S(=O)(=O)Nc4nccc(C)n4)cc3)cc2)n1. The lowest BCUT2D eigenvalue weighted by molar-refractivity contribution is -0.345. The molecule has 0 aliphatic carbocycles. The van der Waals surface area contributed by atoms with Crippen LogP contribution in [0.5, 0.6) is 0 Å². The molecule has 0 saturated heterocycles. The Labute approximate surface area is 288 Å². The third kappa shape index (κ3) is 7.85. The number of carbonyl (C=O) groups excluding carboxylic acids is 2. The first-order valence-electron chi connectivity index (χ1n) is 13.9. The van der Waals surface area contributed by atoms with Gasteiger partial charge in [-0.2, -0.15) is 35.1 Å². The van der Waals surface area contributed by atoms with Gasteiger partial charge in [0.05, 0.1) is 9.79 Å². The number of alkyl halides is 8. The minimum atomic E-state index is -7.23. The van der Waals surface area contributed by atoms with Crippen LogP contribution in [0.25, 0.3) is 0 Å². The van der Waals surface area contributed by atoms with Gasteiger partial charge in [0.1, 0.15) is 0 Å². The van der Waals surface area contributed by atoms with Crippen LogP contribution in [0.4, 0.5) is 58.4 Å². The number of amides is 2. The molecule has 4 N–H and O–H groups in total. The highest BCUT2D eigenvalue weighted by atomic mass is 32.2. The van der Waals surface area contributed by atoms with Crippen LogP contribution in [0, 0.1) is 13.8 Å². The van der Waals surface area contributed by atoms with Crippen LogP contribution in [-0.4, -0.2) is 72.3 Å². The van der Waals surface area contributed by atoms with Gasteiger partial charge < -0.3 is 10.6 Å². The molecule has 2 aromatic carbocycles. The largest absolute Gasteiger partial charge is 0.393 e. The molecule has 24 heteroatoms. The molecule has 0 radical (unpaired) electrons. The van der Waals surface area contributed by atoms with E-state index >= 15 is 0 Å². The minimum Gasteiger partial charge on any atom is -0.321 e. The third-order valence-corrected chi connectivity index (χ3v) is 9.33. The normalized spacial score (nSPS) is 12.9. The number of anilines is 4. The van der Waals surface area contributed by atoms with Gasteiger partial charge in [0.15, 0.2) is 0 Å². The smallest absolute Gasteiger partial charge is 0.321 e. The molecule has 0 bridgehead atoms. The van der Waals surface area contributed by atoms with Gasteiger partial charge in [-0.25, -0.2) is 46.2 Å². The highest BCUT2D eigenvalue weighted by Gasteiger charge is 2.84. The van der Waals surface area contributed by atoms with Crippen LogP contribution in [0.1, 0.15) is 11.4 Å². The van der Waals surface area contributed by atoms with Crippen molar-refractivity contribution in [1.29, 1.82) is 0 Å². The Morgan fingerprint density at radius 3 is 1.13 bits per heavy atom. The van der Waals surface area contributed by atoms with Gasteiger partial charge in [0, 0.05) is 35.2 Å². The molecule has 2 heterocycles. The predicted molar refractivity (Wildman–Crippen MR) is 165 cm³/mol. The summed E-state index contributed by atoms with van der Waals surface area (Å²) in [6, 6.07) is 7.93. The lowest BCUT2D eigenvalue weighted by Gasteiger charge is -2.35. The molecule has 14 nitrogen and oxygen atoms in total. The van der Waals surface area contributed by atoms with Gasteiger partial charge >= 0.3 is 35.5 Å².